The van der Waals surface area contributed by atoms with E-state index in [0.29, 0.717) is 5.02 Å². The van der Waals surface area contributed by atoms with Gasteiger partial charge in [0.15, 0.2) is 5.82 Å². The van der Waals surface area contributed by atoms with E-state index in [1.165, 1.54) is 11.1 Å². The van der Waals surface area contributed by atoms with Crippen LogP contribution < -0.4 is 0 Å². The average molecular weight is 449 g/mol. The summed E-state index contributed by atoms with van der Waals surface area (Å²) in [6.45, 7) is 0. The summed E-state index contributed by atoms with van der Waals surface area (Å²) in [6.07, 6.45) is 0. The third kappa shape index (κ3) is 3.36. The van der Waals surface area contributed by atoms with Gasteiger partial charge in [0.25, 0.3) is 0 Å². The van der Waals surface area contributed by atoms with Crippen LogP contribution in [0.5, 0.6) is 0 Å². The number of benzene rings is 4. The molecule has 2 heterocycles. The lowest BCUT2D eigenvalue weighted by molar-refractivity contribution is 1.24. The smallest absolute Gasteiger partial charge is 0.160 e. The fourth-order valence-corrected chi connectivity index (χ4v) is 5.29. The first-order valence-corrected chi connectivity index (χ1v) is 11.6. The molecule has 0 fully saturated rings. The fourth-order valence-electron chi connectivity index (χ4n) is 3.98. The lowest BCUT2D eigenvalue weighted by atomic mass is 10.0. The molecule has 0 atom stereocenters. The van der Waals surface area contributed by atoms with Crippen LogP contribution in [0.1, 0.15) is 0 Å². The third-order valence-corrected chi connectivity index (χ3v) is 6.97. The monoisotopic (exact) mass is 448 g/mol. The summed E-state index contributed by atoms with van der Waals surface area (Å²) in [5.74, 6) is 0.718. The van der Waals surface area contributed by atoms with Gasteiger partial charge in [-0.25, -0.2) is 9.97 Å². The van der Waals surface area contributed by atoms with Crippen molar-refractivity contribution in [2.75, 3.05) is 0 Å². The maximum atomic E-state index is 6.33. The van der Waals surface area contributed by atoms with E-state index in [9.17, 15) is 0 Å². The Morgan fingerprint density at radius 2 is 1.22 bits per heavy atom. The molecule has 0 unspecified atom stereocenters. The first-order valence-electron chi connectivity index (χ1n) is 10.4. The van der Waals surface area contributed by atoms with Gasteiger partial charge in [-0.3, -0.25) is 0 Å². The van der Waals surface area contributed by atoms with Crippen LogP contribution in [0.2, 0.25) is 5.02 Å². The molecule has 2 aromatic heterocycles. The predicted octanol–water partition coefficient (Wildman–Crippen LogP) is 8.50. The molecule has 4 heteroatoms. The van der Waals surface area contributed by atoms with Crippen LogP contribution in [-0.2, 0) is 0 Å². The molecule has 0 saturated heterocycles. The summed E-state index contributed by atoms with van der Waals surface area (Å²) < 4.78 is 2.24. The lowest BCUT2D eigenvalue weighted by Crippen LogP contribution is -1.93. The highest BCUT2D eigenvalue weighted by Crippen LogP contribution is 2.40. The largest absolute Gasteiger partial charge is 0.226 e. The van der Waals surface area contributed by atoms with Crippen LogP contribution in [-0.4, -0.2) is 9.97 Å². The van der Waals surface area contributed by atoms with E-state index in [-0.39, 0.29) is 0 Å². The van der Waals surface area contributed by atoms with E-state index in [1.54, 1.807) is 11.3 Å². The number of thiophene rings is 1. The van der Waals surface area contributed by atoms with Gasteiger partial charge in [-0.2, -0.15) is 0 Å². The Kier molecular flexibility index (Phi) is 4.71. The van der Waals surface area contributed by atoms with Crippen LogP contribution >= 0.6 is 22.9 Å². The minimum Gasteiger partial charge on any atom is -0.226 e. The quantitative estimate of drug-likeness (QED) is 0.271. The molecule has 0 aliphatic carbocycles. The fraction of sp³-hybridized carbons (Fsp3) is 0. The number of hydrogen-bond acceptors (Lipinski definition) is 3. The third-order valence-electron chi connectivity index (χ3n) is 5.57. The van der Waals surface area contributed by atoms with Gasteiger partial charge in [0.1, 0.15) is 0 Å². The molecule has 0 aliphatic rings. The van der Waals surface area contributed by atoms with Crippen molar-refractivity contribution < 1.29 is 0 Å². The summed E-state index contributed by atoms with van der Waals surface area (Å²) in [6, 6.07) is 35.1. The van der Waals surface area contributed by atoms with Crippen molar-refractivity contribution in [3.05, 3.63) is 108 Å². The molecule has 0 N–H and O–H groups in total. The highest BCUT2D eigenvalue weighted by molar-refractivity contribution is 7.26. The molecule has 0 saturated carbocycles. The molecule has 6 rings (SSSR count). The van der Waals surface area contributed by atoms with Crippen molar-refractivity contribution in [3.63, 3.8) is 0 Å². The highest BCUT2D eigenvalue weighted by Gasteiger charge is 2.16. The maximum absolute atomic E-state index is 6.33. The van der Waals surface area contributed by atoms with Gasteiger partial charge in [-0.15, -0.1) is 11.3 Å². The Labute approximate surface area is 194 Å². The molecule has 0 amide bonds. The first kappa shape index (κ1) is 19.2. The lowest BCUT2D eigenvalue weighted by Gasteiger charge is -2.08. The summed E-state index contributed by atoms with van der Waals surface area (Å²) in [4.78, 5) is 10.0. The number of hydrogen-bond donors (Lipinski definition) is 0. The van der Waals surface area contributed by atoms with Gasteiger partial charge in [-0.05, 0) is 29.3 Å². The highest BCUT2D eigenvalue weighted by atomic mass is 35.5. The second kappa shape index (κ2) is 7.86. The number of nitrogens with zero attached hydrogens (tertiary/aromatic N) is 2. The summed E-state index contributed by atoms with van der Waals surface area (Å²) >= 11 is 8.04. The molecule has 0 radical (unpaired) electrons. The van der Waals surface area contributed by atoms with Crippen LogP contribution in [0.3, 0.4) is 0 Å². The van der Waals surface area contributed by atoms with Crippen LogP contribution in [0.4, 0.5) is 0 Å². The van der Waals surface area contributed by atoms with Crippen LogP contribution in [0, 0.1) is 0 Å². The van der Waals surface area contributed by atoms with E-state index < -0.39 is 0 Å². The molecule has 0 spiro atoms. The van der Waals surface area contributed by atoms with E-state index in [0.717, 1.165) is 42.9 Å². The zero-order valence-electron chi connectivity index (χ0n) is 17.0. The first-order chi connectivity index (χ1) is 15.8. The van der Waals surface area contributed by atoms with Gasteiger partial charge >= 0.3 is 0 Å². The zero-order valence-corrected chi connectivity index (χ0v) is 18.6. The van der Waals surface area contributed by atoms with Crippen molar-refractivity contribution in [2.45, 2.75) is 0 Å². The van der Waals surface area contributed by atoms with Crippen molar-refractivity contribution >= 4 is 43.2 Å². The average Bonchev–Trinajstić information content (AvgIpc) is 3.22. The van der Waals surface area contributed by atoms with Crippen LogP contribution in [0.25, 0.3) is 54.1 Å². The number of fused-ring (bicyclic) bond motifs is 3. The van der Waals surface area contributed by atoms with Gasteiger partial charge in [-0.1, -0.05) is 96.5 Å². The molecule has 4 aromatic carbocycles. The number of rotatable bonds is 3. The Morgan fingerprint density at radius 3 is 1.94 bits per heavy atom. The topological polar surface area (TPSA) is 25.8 Å². The predicted molar refractivity (Wildman–Crippen MR) is 136 cm³/mol. The molecule has 32 heavy (non-hydrogen) atoms. The Balaban J connectivity index is 1.57. The zero-order chi connectivity index (χ0) is 21.5. The molecule has 0 bridgehead atoms. The normalized spacial score (nSPS) is 11.3. The van der Waals surface area contributed by atoms with Crippen molar-refractivity contribution in [1.82, 2.24) is 9.97 Å². The van der Waals surface area contributed by atoms with Gasteiger partial charge in [0.05, 0.1) is 15.9 Å². The van der Waals surface area contributed by atoms with E-state index in [1.807, 2.05) is 36.4 Å². The second-order valence-corrected chi connectivity index (χ2v) is 9.11. The van der Waals surface area contributed by atoms with Gasteiger partial charge < -0.3 is 0 Å². The van der Waals surface area contributed by atoms with E-state index in [2.05, 4.69) is 66.7 Å². The molecular weight excluding hydrogens is 432 g/mol. The summed E-state index contributed by atoms with van der Waals surface area (Å²) in [5.41, 5.74) is 6.34. The summed E-state index contributed by atoms with van der Waals surface area (Å²) in [5, 5.41) is 1.78. The molecule has 6 aromatic rings. The number of aromatic nitrogens is 2. The Hall–Kier alpha value is -3.53. The van der Waals surface area contributed by atoms with Crippen molar-refractivity contribution in [1.29, 1.82) is 0 Å². The Bertz CT molecular complexity index is 1560. The maximum Gasteiger partial charge on any atom is 0.160 e. The van der Waals surface area contributed by atoms with Crippen molar-refractivity contribution in [2.24, 2.45) is 0 Å². The molecule has 152 valence electrons. The minimum atomic E-state index is 0.714. The minimum absolute atomic E-state index is 0.714. The van der Waals surface area contributed by atoms with Crippen molar-refractivity contribution in [3.8, 4) is 33.8 Å². The standard InChI is InChI=1S/C28H17ClN2S/c29-22-15-16-24-23(17-22)26-27(32-24)25(20-9-5-2-6-10-20)30-28(31-26)21-13-11-19(12-14-21)18-7-3-1-4-8-18/h1-17H. The number of halogens is 1. The molecule has 0 aliphatic heterocycles. The summed E-state index contributed by atoms with van der Waals surface area (Å²) in [7, 11) is 0. The second-order valence-electron chi connectivity index (χ2n) is 7.63. The molecule has 2 nitrogen and oxygen atoms in total. The molecular formula is C28H17ClN2S. The van der Waals surface area contributed by atoms with Crippen LogP contribution in [0.15, 0.2) is 103 Å². The van der Waals surface area contributed by atoms with Gasteiger partial charge in [0, 0.05) is 26.2 Å². The van der Waals surface area contributed by atoms with E-state index >= 15 is 0 Å². The Morgan fingerprint density at radius 1 is 0.594 bits per heavy atom. The SMILES string of the molecule is Clc1ccc2sc3c(-c4ccccc4)nc(-c4ccc(-c5ccccc5)cc4)nc3c2c1. The van der Waals surface area contributed by atoms with E-state index in [4.69, 9.17) is 21.6 Å². The van der Waals surface area contributed by atoms with Gasteiger partial charge in [0.2, 0.25) is 0 Å².